The maximum atomic E-state index is 11.7. The van der Waals surface area contributed by atoms with Crippen LogP contribution in [0.3, 0.4) is 0 Å². The van der Waals surface area contributed by atoms with Gasteiger partial charge in [-0.2, -0.15) is 0 Å². The molecule has 1 aromatic rings. The van der Waals surface area contributed by atoms with Crippen molar-refractivity contribution >= 4 is 23.3 Å². The maximum Gasteiger partial charge on any atom is 0.306 e. The molecule has 0 unspecified atom stereocenters. The maximum absolute atomic E-state index is 11.7. The number of nitrogens with one attached hydrogen (secondary N) is 1. The fraction of sp³-hybridized carbons (Fsp3) is 0.467. The number of hydrogen-bond donors (Lipinski definition) is 1. The molecular weight excluding hydrogens is 272 g/mol. The molecule has 1 aromatic carbocycles. The van der Waals surface area contributed by atoms with E-state index in [-0.39, 0.29) is 24.7 Å². The highest BCUT2D eigenvalue weighted by Crippen LogP contribution is 2.19. The number of rotatable bonds is 5. The van der Waals surface area contributed by atoms with Gasteiger partial charge in [-0.1, -0.05) is 0 Å². The van der Waals surface area contributed by atoms with Crippen LogP contribution in [0.25, 0.3) is 0 Å². The highest BCUT2D eigenvalue weighted by molar-refractivity contribution is 5.92. The van der Waals surface area contributed by atoms with E-state index in [4.69, 9.17) is 4.74 Å². The third kappa shape index (κ3) is 4.75. The summed E-state index contributed by atoms with van der Waals surface area (Å²) in [6.45, 7) is 3.24. The van der Waals surface area contributed by atoms with Gasteiger partial charge in [0.2, 0.25) is 5.91 Å². The molecule has 6 heteroatoms. The molecule has 1 aliphatic heterocycles. The van der Waals surface area contributed by atoms with Crippen molar-refractivity contribution < 1.29 is 19.1 Å². The molecule has 1 N–H and O–H groups in total. The number of morpholine rings is 1. The van der Waals surface area contributed by atoms with Crippen LogP contribution in [0.5, 0.6) is 0 Å². The Balaban J connectivity index is 1.84. The summed E-state index contributed by atoms with van der Waals surface area (Å²) >= 11 is 0. The molecule has 2 rings (SSSR count). The molecule has 21 heavy (non-hydrogen) atoms. The minimum Gasteiger partial charge on any atom is -0.469 e. The summed E-state index contributed by atoms with van der Waals surface area (Å²) in [5.74, 6) is -0.577. The quantitative estimate of drug-likeness (QED) is 0.831. The lowest BCUT2D eigenvalue weighted by Crippen LogP contribution is -2.36. The first-order valence-electron chi connectivity index (χ1n) is 6.98. The number of amides is 1. The zero-order chi connectivity index (χ0) is 15.1. The Bertz CT molecular complexity index is 481. The third-order valence-corrected chi connectivity index (χ3v) is 3.31. The molecule has 1 amide bonds. The van der Waals surface area contributed by atoms with Gasteiger partial charge >= 0.3 is 5.97 Å². The first-order valence-corrected chi connectivity index (χ1v) is 6.98. The molecule has 114 valence electrons. The number of methoxy groups -OCH3 is 1. The molecule has 0 radical (unpaired) electrons. The summed E-state index contributed by atoms with van der Waals surface area (Å²) in [4.78, 5) is 24.9. The van der Waals surface area contributed by atoms with E-state index < -0.39 is 0 Å². The van der Waals surface area contributed by atoms with Crippen LogP contribution < -0.4 is 10.2 Å². The predicted molar refractivity (Wildman–Crippen MR) is 79.4 cm³/mol. The van der Waals surface area contributed by atoms with Crippen molar-refractivity contribution in [2.45, 2.75) is 12.8 Å². The Morgan fingerprint density at radius 3 is 2.48 bits per heavy atom. The van der Waals surface area contributed by atoms with E-state index in [2.05, 4.69) is 15.0 Å². The van der Waals surface area contributed by atoms with Gasteiger partial charge in [0.1, 0.15) is 0 Å². The Hall–Kier alpha value is -2.08. The van der Waals surface area contributed by atoms with Crippen molar-refractivity contribution in [1.29, 1.82) is 0 Å². The van der Waals surface area contributed by atoms with E-state index in [9.17, 15) is 9.59 Å². The van der Waals surface area contributed by atoms with E-state index in [0.717, 1.165) is 37.7 Å². The molecule has 1 heterocycles. The van der Waals surface area contributed by atoms with Crippen molar-refractivity contribution in [3.63, 3.8) is 0 Å². The predicted octanol–water partition coefficient (Wildman–Crippen LogP) is 1.41. The molecular formula is C15H20N2O4. The number of benzene rings is 1. The first kappa shape index (κ1) is 15.3. The second kappa shape index (κ2) is 7.64. The Labute approximate surface area is 124 Å². The number of carbonyl (C=O) groups excluding carboxylic acids is 2. The smallest absolute Gasteiger partial charge is 0.306 e. The van der Waals surface area contributed by atoms with E-state index >= 15 is 0 Å². The van der Waals surface area contributed by atoms with Gasteiger partial charge < -0.3 is 19.7 Å². The number of anilines is 2. The zero-order valence-corrected chi connectivity index (χ0v) is 12.1. The minimum atomic E-state index is -0.382. The van der Waals surface area contributed by atoms with Gasteiger partial charge in [0, 0.05) is 30.9 Å². The zero-order valence-electron chi connectivity index (χ0n) is 12.1. The van der Waals surface area contributed by atoms with Crippen LogP contribution in [-0.2, 0) is 19.1 Å². The molecule has 0 saturated carbocycles. The molecule has 0 aliphatic carbocycles. The Morgan fingerprint density at radius 2 is 1.86 bits per heavy atom. The molecule has 1 aliphatic rings. The van der Waals surface area contributed by atoms with E-state index in [0.29, 0.717) is 0 Å². The standard InChI is InChI=1S/C15H20N2O4/c1-20-15(19)7-6-14(18)16-12-2-4-13(5-3-12)17-8-10-21-11-9-17/h2-5H,6-11H2,1H3,(H,16,18). The van der Waals surface area contributed by atoms with Crippen LogP contribution in [-0.4, -0.2) is 45.3 Å². The van der Waals surface area contributed by atoms with Crippen molar-refractivity contribution in [2.75, 3.05) is 43.6 Å². The topological polar surface area (TPSA) is 67.9 Å². The van der Waals surface area contributed by atoms with Gasteiger partial charge in [-0.05, 0) is 24.3 Å². The second-order valence-electron chi connectivity index (χ2n) is 4.77. The van der Waals surface area contributed by atoms with Gasteiger partial charge in [0.05, 0.1) is 26.7 Å². The normalized spacial score (nSPS) is 14.6. The molecule has 0 spiro atoms. The lowest BCUT2D eigenvalue weighted by molar-refractivity contribution is -0.141. The van der Waals surface area contributed by atoms with Gasteiger partial charge in [-0.3, -0.25) is 9.59 Å². The van der Waals surface area contributed by atoms with Crippen LogP contribution in [0.15, 0.2) is 24.3 Å². The van der Waals surface area contributed by atoms with Crippen molar-refractivity contribution in [1.82, 2.24) is 0 Å². The lowest BCUT2D eigenvalue weighted by atomic mass is 10.2. The largest absolute Gasteiger partial charge is 0.469 e. The molecule has 1 fully saturated rings. The van der Waals surface area contributed by atoms with Crippen LogP contribution in [0, 0.1) is 0 Å². The number of nitrogens with zero attached hydrogens (tertiary/aromatic N) is 1. The average molecular weight is 292 g/mol. The average Bonchev–Trinajstić information content (AvgIpc) is 2.54. The Morgan fingerprint density at radius 1 is 1.19 bits per heavy atom. The summed E-state index contributed by atoms with van der Waals surface area (Å²) in [5.41, 5.74) is 1.84. The summed E-state index contributed by atoms with van der Waals surface area (Å²) in [5, 5.41) is 2.76. The van der Waals surface area contributed by atoms with Crippen molar-refractivity contribution in [3.8, 4) is 0 Å². The second-order valence-corrected chi connectivity index (χ2v) is 4.77. The highest BCUT2D eigenvalue weighted by Gasteiger charge is 2.11. The van der Waals surface area contributed by atoms with Crippen molar-refractivity contribution in [3.05, 3.63) is 24.3 Å². The molecule has 0 atom stereocenters. The van der Waals surface area contributed by atoms with Crippen LogP contribution >= 0.6 is 0 Å². The summed E-state index contributed by atoms with van der Waals surface area (Å²) in [6.07, 6.45) is 0.214. The SMILES string of the molecule is COC(=O)CCC(=O)Nc1ccc(N2CCOCC2)cc1. The molecule has 6 nitrogen and oxygen atoms in total. The third-order valence-electron chi connectivity index (χ3n) is 3.31. The van der Waals surface area contributed by atoms with E-state index in [1.165, 1.54) is 7.11 Å². The van der Waals surface area contributed by atoms with Gasteiger partial charge in [-0.25, -0.2) is 0 Å². The minimum absolute atomic E-state index is 0.0915. The van der Waals surface area contributed by atoms with Crippen LogP contribution in [0.2, 0.25) is 0 Å². The van der Waals surface area contributed by atoms with E-state index in [1.54, 1.807) is 0 Å². The number of hydrogen-bond acceptors (Lipinski definition) is 5. The molecule has 1 saturated heterocycles. The van der Waals surface area contributed by atoms with Gasteiger partial charge in [-0.15, -0.1) is 0 Å². The highest BCUT2D eigenvalue weighted by atomic mass is 16.5. The summed E-state index contributed by atoms with van der Waals surface area (Å²) in [6, 6.07) is 7.67. The molecule has 0 bridgehead atoms. The van der Waals surface area contributed by atoms with Crippen LogP contribution in [0.4, 0.5) is 11.4 Å². The Kier molecular flexibility index (Phi) is 5.57. The fourth-order valence-corrected chi connectivity index (χ4v) is 2.12. The van der Waals surface area contributed by atoms with Gasteiger partial charge in [0.25, 0.3) is 0 Å². The number of ether oxygens (including phenoxy) is 2. The van der Waals surface area contributed by atoms with Crippen molar-refractivity contribution in [2.24, 2.45) is 0 Å². The molecule has 0 aromatic heterocycles. The van der Waals surface area contributed by atoms with Crippen LogP contribution in [0.1, 0.15) is 12.8 Å². The summed E-state index contributed by atoms with van der Waals surface area (Å²) in [7, 11) is 1.31. The first-order chi connectivity index (χ1) is 10.2. The lowest BCUT2D eigenvalue weighted by Gasteiger charge is -2.28. The summed E-state index contributed by atoms with van der Waals surface area (Å²) < 4.78 is 9.82. The monoisotopic (exact) mass is 292 g/mol. The number of esters is 1. The number of carbonyl (C=O) groups is 2. The van der Waals surface area contributed by atoms with Gasteiger partial charge in [0.15, 0.2) is 0 Å². The van der Waals surface area contributed by atoms with E-state index in [1.807, 2.05) is 24.3 Å². The fourth-order valence-electron chi connectivity index (χ4n) is 2.12.